The van der Waals surface area contributed by atoms with E-state index in [-0.39, 0.29) is 5.97 Å². The summed E-state index contributed by atoms with van der Waals surface area (Å²) in [6, 6.07) is 5.97. The second-order valence-electron chi connectivity index (χ2n) is 5.19. The first-order chi connectivity index (χ1) is 10.2. The summed E-state index contributed by atoms with van der Waals surface area (Å²) < 4.78 is 12.3. The summed E-state index contributed by atoms with van der Waals surface area (Å²) in [4.78, 5) is 18.4. The lowest BCUT2D eigenvalue weighted by Crippen LogP contribution is -2.46. The van der Waals surface area contributed by atoms with Gasteiger partial charge in [0.15, 0.2) is 6.10 Å². The van der Waals surface area contributed by atoms with Gasteiger partial charge in [0.1, 0.15) is 5.65 Å². The van der Waals surface area contributed by atoms with E-state index in [0.29, 0.717) is 13.2 Å². The molecule has 1 unspecified atom stereocenters. The minimum Gasteiger partial charge on any atom is -0.467 e. The fraction of sp³-hybridized carbons (Fsp3) is 0.467. The Labute approximate surface area is 123 Å². The van der Waals surface area contributed by atoms with Crippen molar-refractivity contribution in [1.82, 2.24) is 14.3 Å². The normalized spacial score (nSPS) is 19.8. The molecular weight excluding hydrogens is 270 g/mol. The Morgan fingerprint density at radius 1 is 1.52 bits per heavy atom. The fourth-order valence-corrected chi connectivity index (χ4v) is 2.69. The zero-order valence-corrected chi connectivity index (χ0v) is 12.3. The lowest BCUT2D eigenvalue weighted by molar-refractivity contribution is -0.160. The number of carbonyl (C=O) groups excluding carboxylic acids is 1. The second-order valence-corrected chi connectivity index (χ2v) is 5.19. The van der Waals surface area contributed by atoms with Crippen molar-refractivity contribution in [3.05, 3.63) is 35.8 Å². The number of hydrogen-bond donors (Lipinski definition) is 0. The highest BCUT2D eigenvalue weighted by atomic mass is 16.6. The van der Waals surface area contributed by atoms with Crippen LogP contribution in [0, 0.1) is 6.92 Å². The predicted molar refractivity (Wildman–Crippen MR) is 77.0 cm³/mol. The topological polar surface area (TPSA) is 56.1 Å². The molecule has 0 radical (unpaired) electrons. The Kier molecular flexibility index (Phi) is 3.90. The monoisotopic (exact) mass is 289 g/mol. The van der Waals surface area contributed by atoms with E-state index < -0.39 is 6.10 Å². The molecule has 0 N–H and O–H groups in total. The van der Waals surface area contributed by atoms with Gasteiger partial charge in [0.2, 0.25) is 0 Å². The number of pyridine rings is 1. The van der Waals surface area contributed by atoms with Gasteiger partial charge < -0.3 is 13.9 Å². The number of methoxy groups -OCH3 is 1. The van der Waals surface area contributed by atoms with Crippen LogP contribution in [0.25, 0.3) is 5.65 Å². The van der Waals surface area contributed by atoms with E-state index in [1.165, 1.54) is 7.11 Å². The van der Waals surface area contributed by atoms with Gasteiger partial charge in [-0.3, -0.25) is 4.90 Å². The van der Waals surface area contributed by atoms with Crippen LogP contribution in [0.3, 0.4) is 0 Å². The average Bonchev–Trinajstić information content (AvgIpc) is 2.83. The van der Waals surface area contributed by atoms with Crippen molar-refractivity contribution < 1.29 is 14.3 Å². The summed E-state index contributed by atoms with van der Waals surface area (Å²) in [7, 11) is 1.39. The minimum absolute atomic E-state index is 0.311. The van der Waals surface area contributed by atoms with E-state index in [0.717, 1.165) is 30.1 Å². The van der Waals surface area contributed by atoms with Crippen LogP contribution in [0.5, 0.6) is 0 Å². The van der Waals surface area contributed by atoms with E-state index in [2.05, 4.69) is 14.3 Å². The summed E-state index contributed by atoms with van der Waals surface area (Å²) >= 11 is 0. The number of hydrogen-bond acceptors (Lipinski definition) is 5. The van der Waals surface area contributed by atoms with Crippen molar-refractivity contribution in [2.45, 2.75) is 19.6 Å². The van der Waals surface area contributed by atoms with Crippen molar-refractivity contribution in [1.29, 1.82) is 0 Å². The van der Waals surface area contributed by atoms with E-state index >= 15 is 0 Å². The van der Waals surface area contributed by atoms with Gasteiger partial charge in [0.25, 0.3) is 0 Å². The van der Waals surface area contributed by atoms with E-state index in [1.54, 1.807) is 0 Å². The molecule has 1 saturated heterocycles. The van der Waals surface area contributed by atoms with Crippen LogP contribution >= 0.6 is 0 Å². The number of aromatic nitrogens is 2. The third kappa shape index (κ3) is 2.77. The first kappa shape index (κ1) is 14.0. The van der Waals surface area contributed by atoms with Crippen LogP contribution in [0.15, 0.2) is 24.4 Å². The average molecular weight is 289 g/mol. The predicted octanol–water partition coefficient (Wildman–Crippen LogP) is 1.02. The highest BCUT2D eigenvalue weighted by Gasteiger charge is 2.28. The van der Waals surface area contributed by atoms with Crippen LogP contribution < -0.4 is 0 Å². The molecule has 0 saturated carbocycles. The largest absolute Gasteiger partial charge is 0.467 e. The van der Waals surface area contributed by atoms with Crippen LogP contribution in [0.1, 0.15) is 11.4 Å². The number of aryl methyl sites for hydroxylation is 1. The van der Waals surface area contributed by atoms with Gasteiger partial charge in [0, 0.05) is 25.8 Å². The summed E-state index contributed by atoms with van der Waals surface area (Å²) in [5.74, 6) is -0.311. The smallest absolute Gasteiger partial charge is 0.336 e. The molecule has 0 aromatic carbocycles. The molecule has 6 nitrogen and oxygen atoms in total. The fourth-order valence-electron chi connectivity index (χ4n) is 2.69. The molecule has 1 aliphatic heterocycles. The van der Waals surface area contributed by atoms with E-state index in [9.17, 15) is 4.79 Å². The van der Waals surface area contributed by atoms with Crippen molar-refractivity contribution >= 4 is 11.6 Å². The van der Waals surface area contributed by atoms with Gasteiger partial charge in [-0.15, -0.1) is 0 Å². The maximum Gasteiger partial charge on any atom is 0.336 e. The van der Waals surface area contributed by atoms with Gasteiger partial charge >= 0.3 is 5.97 Å². The molecule has 0 bridgehead atoms. The third-order valence-corrected chi connectivity index (χ3v) is 3.82. The Hall–Kier alpha value is -1.92. The number of esters is 1. The summed E-state index contributed by atoms with van der Waals surface area (Å²) in [6.07, 6.45) is 1.52. The number of morpholine rings is 1. The highest BCUT2D eigenvalue weighted by Crippen LogP contribution is 2.16. The minimum atomic E-state index is -0.497. The standard InChI is InChI=1S/C15H19N3O3/c1-11-12(18-6-4-3-5-14(18)16-11)9-17-7-8-21-13(10-17)15(19)20-2/h3-6,13H,7-10H2,1-2H3. The van der Waals surface area contributed by atoms with Gasteiger partial charge in [-0.1, -0.05) is 6.07 Å². The zero-order chi connectivity index (χ0) is 14.8. The molecule has 0 spiro atoms. The van der Waals surface area contributed by atoms with Crippen molar-refractivity contribution in [3.63, 3.8) is 0 Å². The summed E-state index contributed by atoms with van der Waals surface area (Å²) in [5.41, 5.74) is 3.11. The van der Waals surface area contributed by atoms with Crippen LogP contribution in [0.4, 0.5) is 0 Å². The molecule has 6 heteroatoms. The number of fused-ring (bicyclic) bond motifs is 1. The van der Waals surface area contributed by atoms with Gasteiger partial charge in [0.05, 0.1) is 25.1 Å². The van der Waals surface area contributed by atoms with Crippen LogP contribution in [-0.4, -0.2) is 53.2 Å². The molecule has 112 valence electrons. The summed E-state index contributed by atoms with van der Waals surface area (Å²) in [6.45, 7) is 4.64. The number of imidazole rings is 1. The lowest BCUT2D eigenvalue weighted by atomic mass is 10.2. The lowest BCUT2D eigenvalue weighted by Gasteiger charge is -2.31. The number of rotatable bonds is 3. The number of ether oxygens (including phenoxy) is 2. The first-order valence-corrected chi connectivity index (χ1v) is 7.03. The Bertz CT molecular complexity index is 653. The van der Waals surface area contributed by atoms with Gasteiger partial charge in [-0.05, 0) is 19.1 Å². The molecular formula is C15H19N3O3. The molecule has 3 heterocycles. The molecule has 1 fully saturated rings. The van der Waals surface area contributed by atoms with Crippen LogP contribution in [0.2, 0.25) is 0 Å². The molecule has 0 aliphatic carbocycles. The van der Waals surface area contributed by atoms with Gasteiger partial charge in [-0.25, -0.2) is 9.78 Å². The number of nitrogens with zero attached hydrogens (tertiary/aromatic N) is 3. The van der Waals surface area contributed by atoms with Crippen molar-refractivity contribution in [2.75, 3.05) is 26.8 Å². The first-order valence-electron chi connectivity index (χ1n) is 7.03. The molecule has 21 heavy (non-hydrogen) atoms. The van der Waals surface area contributed by atoms with E-state index in [4.69, 9.17) is 9.47 Å². The molecule has 2 aromatic rings. The Balaban J connectivity index is 1.79. The molecule has 1 aliphatic rings. The maximum atomic E-state index is 11.6. The molecule has 2 aromatic heterocycles. The number of carbonyl (C=O) groups is 1. The molecule has 1 atom stereocenters. The van der Waals surface area contributed by atoms with Crippen molar-refractivity contribution in [2.24, 2.45) is 0 Å². The van der Waals surface area contributed by atoms with Gasteiger partial charge in [-0.2, -0.15) is 0 Å². The van der Waals surface area contributed by atoms with Crippen LogP contribution in [-0.2, 0) is 20.8 Å². The molecule has 0 amide bonds. The Morgan fingerprint density at radius 2 is 2.38 bits per heavy atom. The summed E-state index contributed by atoms with van der Waals surface area (Å²) in [5, 5.41) is 0. The van der Waals surface area contributed by atoms with Crippen molar-refractivity contribution in [3.8, 4) is 0 Å². The quantitative estimate of drug-likeness (QED) is 0.790. The zero-order valence-electron chi connectivity index (χ0n) is 12.3. The highest BCUT2D eigenvalue weighted by molar-refractivity contribution is 5.74. The van der Waals surface area contributed by atoms with E-state index in [1.807, 2.05) is 31.3 Å². The Morgan fingerprint density at radius 3 is 3.19 bits per heavy atom. The second kappa shape index (κ2) is 5.83. The maximum absolute atomic E-state index is 11.6. The SMILES string of the molecule is COC(=O)C1CN(Cc2c(C)nc3ccccn23)CCO1. The third-order valence-electron chi connectivity index (χ3n) is 3.82. The molecule has 3 rings (SSSR count).